The van der Waals surface area contributed by atoms with Crippen molar-refractivity contribution in [1.29, 1.82) is 5.26 Å². The Balaban J connectivity index is 1.72. The van der Waals surface area contributed by atoms with Crippen LogP contribution in [0.15, 0.2) is 66.2 Å². The lowest BCUT2D eigenvalue weighted by Crippen LogP contribution is -2.13. The normalized spacial score (nSPS) is 11.0. The van der Waals surface area contributed by atoms with Crippen LogP contribution >= 0.6 is 34.8 Å². The Morgan fingerprint density at radius 1 is 1.03 bits per heavy atom. The molecule has 0 unspecified atom stereocenters. The van der Waals surface area contributed by atoms with E-state index in [1.165, 1.54) is 24.3 Å². The van der Waals surface area contributed by atoms with Crippen molar-refractivity contribution < 1.29 is 13.9 Å². The average Bonchev–Trinajstić information content (AvgIpc) is 2.75. The fourth-order valence-corrected chi connectivity index (χ4v) is 3.12. The van der Waals surface area contributed by atoms with E-state index in [9.17, 15) is 14.4 Å². The van der Waals surface area contributed by atoms with Crippen LogP contribution in [0.4, 0.5) is 10.1 Å². The second-order valence-electron chi connectivity index (χ2n) is 6.32. The van der Waals surface area contributed by atoms with Crippen molar-refractivity contribution in [3.63, 3.8) is 0 Å². The first kappa shape index (κ1) is 22.6. The largest absolute Gasteiger partial charge is 0.487 e. The summed E-state index contributed by atoms with van der Waals surface area (Å²) in [5.74, 6) is -0.637. The van der Waals surface area contributed by atoms with E-state index in [2.05, 4.69) is 5.32 Å². The number of halogens is 4. The van der Waals surface area contributed by atoms with Gasteiger partial charge in [-0.3, -0.25) is 4.79 Å². The second-order valence-corrected chi connectivity index (χ2v) is 7.54. The van der Waals surface area contributed by atoms with Crippen molar-refractivity contribution in [3.05, 3.63) is 98.2 Å². The Hall–Kier alpha value is -3.04. The average molecular weight is 476 g/mol. The van der Waals surface area contributed by atoms with Gasteiger partial charge in [-0.2, -0.15) is 5.26 Å². The van der Waals surface area contributed by atoms with Gasteiger partial charge in [0, 0.05) is 11.3 Å². The van der Waals surface area contributed by atoms with E-state index in [4.69, 9.17) is 39.5 Å². The van der Waals surface area contributed by atoms with Gasteiger partial charge >= 0.3 is 0 Å². The van der Waals surface area contributed by atoms with Crippen LogP contribution in [0.25, 0.3) is 6.08 Å². The summed E-state index contributed by atoms with van der Waals surface area (Å²) >= 11 is 18.0. The minimum atomic E-state index is -0.614. The topological polar surface area (TPSA) is 62.1 Å². The molecule has 0 atom stereocenters. The lowest BCUT2D eigenvalue weighted by Gasteiger charge is -2.10. The van der Waals surface area contributed by atoms with Crippen LogP contribution in [0.5, 0.6) is 5.75 Å². The van der Waals surface area contributed by atoms with Gasteiger partial charge < -0.3 is 10.1 Å². The van der Waals surface area contributed by atoms with Crippen LogP contribution in [0.1, 0.15) is 11.1 Å². The molecule has 0 fully saturated rings. The Morgan fingerprint density at radius 3 is 2.48 bits per heavy atom. The maximum atomic E-state index is 13.7. The summed E-state index contributed by atoms with van der Waals surface area (Å²) in [4.78, 5) is 12.4. The predicted molar refractivity (Wildman–Crippen MR) is 121 cm³/mol. The Morgan fingerprint density at radius 2 is 1.81 bits per heavy atom. The van der Waals surface area contributed by atoms with Gasteiger partial charge in [-0.1, -0.05) is 59.1 Å². The molecule has 0 aliphatic rings. The zero-order valence-electron chi connectivity index (χ0n) is 15.8. The molecule has 0 aliphatic carbocycles. The van der Waals surface area contributed by atoms with Gasteiger partial charge in [0.1, 0.15) is 29.8 Å². The smallest absolute Gasteiger partial charge is 0.266 e. The molecule has 0 aliphatic heterocycles. The number of anilines is 1. The van der Waals surface area contributed by atoms with Crippen molar-refractivity contribution in [2.24, 2.45) is 0 Å². The summed E-state index contributed by atoms with van der Waals surface area (Å²) in [6.45, 7) is 0.0110. The Kier molecular flexibility index (Phi) is 7.54. The van der Waals surface area contributed by atoms with Gasteiger partial charge in [0.25, 0.3) is 5.91 Å². The summed E-state index contributed by atoms with van der Waals surface area (Å²) in [7, 11) is 0. The predicted octanol–water partition coefficient (Wildman–Crippen LogP) is 6.91. The minimum Gasteiger partial charge on any atom is -0.487 e. The van der Waals surface area contributed by atoms with Crippen molar-refractivity contribution >= 4 is 52.5 Å². The third-order valence-corrected chi connectivity index (χ3v) is 5.18. The van der Waals surface area contributed by atoms with E-state index >= 15 is 0 Å². The highest BCUT2D eigenvalue weighted by Gasteiger charge is 2.12. The lowest BCUT2D eigenvalue weighted by molar-refractivity contribution is -0.112. The van der Waals surface area contributed by atoms with Gasteiger partial charge in [-0.05, 0) is 48.0 Å². The van der Waals surface area contributed by atoms with E-state index in [-0.39, 0.29) is 28.0 Å². The number of amides is 1. The molecule has 3 aromatic rings. The number of rotatable bonds is 6. The zero-order valence-corrected chi connectivity index (χ0v) is 18.1. The van der Waals surface area contributed by atoms with E-state index in [1.54, 1.807) is 42.5 Å². The molecule has 1 N–H and O–H groups in total. The number of benzene rings is 3. The van der Waals surface area contributed by atoms with Crippen molar-refractivity contribution in [2.45, 2.75) is 6.61 Å². The van der Waals surface area contributed by atoms with Gasteiger partial charge in [-0.25, -0.2) is 4.39 Å². The van der Waals surface area contributed by atoms with Crippen LogP contribution < -0.4 is 10.1 Å². The Labute approximate surface area is 193 Å². The monoisotopic (exact) mass is 474 g/mol. The first-order valence-electron chi connectivity index (χ1n) is 8.91. The van der Waals surface area contributed by atoms with E-state index in [1.807, 2.05) is 6.07 Å². The molecule has 0 saturated carbocycles. The molecule has 0 saturated heterocycles. The summed E-state index contributed by atoms with van der Waals surface area (Å²) in [6, 6.07) is 17.5. The molecule has 3 aromatic carbocycles. The number of nitrogens with zero attached hydrogens (tertiary/aromatic N) is 1. The molecule has 3 rings (SSSR count). The maximum Gasteiger partial charge on any atom is 0.266 e. The highest BCUT2D eigenvalue weighted by Crippen LogP contribution is 2.28. The molecule has 31 heavy (non-hydrogen) atoms. The number of hydrogen-bond acceptors (Lipinski definition) is 3. The van der Waals surface area contributed by atoms with Crippen LogP contribution in [0.2, 0.25) is 15.1 Å². The summed E-state index contributed by atoms with van der Waals surface area (Å²) < 4.78 is 19.3. The minimum absolute atomic E-state index is 0.0110. The molecular weight excluding hydrogens is 462 g/mol. The van der Waals surface area contributed by atoms with E-state index < -0.39 is 5.91 Å². The molecule has 0 spiro atoms. The Bertz CT molecular complexity index is 1210. The third kappa shape index (κ3) is 5.99. The zero-order chi connectivity index (χ0) is 22.4. The van der Waals surface area contributed by atoms with Gasteiger partial charge in [0.2, 0.25) is 0 Å². The molecule has 0 heterocycles. The first-order valence-corrected chi connectivity index (χ1v) is 10.0. The fourth-order valence-electron chi connectivity index (χ4n) is 2.58. The lowest BCUT2D eigenvalue weighted by atomic mass is 10.1. The molecule has 4 nitrogen and oxygen atoms in total. The quantitative estimate of drug-likeness (QED) is 0.311. The number of nitrogens with one attached hydrogen (secondary N) is 1. The molecule has 0 aromatic heterocycles. The summed E-state index contributed by atoms with van der Waals surface area (Å²) in [5, 5.41) is 12.8. The summed E-state index contributed by atoms with van der Waals surface area (Å²) in [5.41, 5.74) is 1.18. The second kappa shape index (κ2) is 10.3. The van der Waals surface area contributed by atoms with Crippen LogP contribution in [-0.2, 0) is 11.4 Å². The van der Waals surface area contributed by atoms with Gasteiger partial charge in [0.15, 0.2) is 0 Å². The SMILES string of the molecule is N#C/C(=C\c1ccc(OCc2ccccc2F)c(Cl)c1)C(=O)Nc1ccc(Cl)c(Cl)c1. The van der Waals surface area contributed by atoms with Crippen LogP contribution in [-0.4, -0.2) is 5.91 Å². The van der Waals surface area contributed by atoms with Crippen LogP contribution in [0, 0.1) is 17.1 Å². The molecule has 8 heteroatoms. The number of nitriles is 1. The van der Waals surface area contributed by atoms with Gasteiger partial charge in [0.05, 0.1) is 15.1 Å². The van der Waals surface area contributed by atoms with Crippen molar-refractivity contribution in [1.82, 2.24) is 0 Å². The van der Waals surface area contributed by atoms with Crippen LogP contribution in [0.3, 0.4) is 0 Å². The number of hydrogen-bond donors (Lipinski definition) is 1. The molecule has 0 radical (unpaired) electrons. The highest BCUT2D eigenvalue weighted by atomic mass is 35.5. The molecule has 156 valence electrons. The van der Waals surface area contributed by atoms with E-state index in [0.29, 0.717) is 27.6 Å². The molecular formula is C23H14Cl3FN2O2. The molecule has 1 amide bonds. The van der Waals surface area contributed by atoms with Crippen molar-refractivity contribution in [2.75, 3.05) is 5.32 Å². The van der Waals surface area contributed by atoms with Crippen molar-refractivity contribution in [3.8, 4) is 11.8 Å². The highest BCUT2D eigenvalue weighted by molar-refractivity contribution is 6.42. The number of carbonyl (C=O) groups excluding carboxylic acids is 1. The number of carbonyl (C=O) groups is 1. The summed E-state index contributed by atoms with van der Waals surface area (Å²) in [6.07, 6.45) is 1.39. The standard InChI is InChI=1S/C23H14Cl3FN2O2/c24-18-7-6-17(11-19(18)25)29-23(30)16(12-28)9-14-5-8-22(20(26)10-14)31-13-15-3-1-2-4-21(15)27/h1-11H,13H2,(H,29,30)/b16-9+. The van der Waals surface area contributed by atoms with Gasteiger partial charge in [-0.15, -0.1) is 0 Å². The van der Waals surface area contributed by atoms with E-state index in [0.717, 1.165) is 0 Å². The first-order chi connectivity index (χ1) is 14.9. The third-order valence-electron chi connectivity index (χ3n) is 4.15. The fraction of sp³-hybridized carbons (Fsp3) is 0.0435. The maximum absolute atomic E-state index is 13.7. The number of ether oxygens (including phenoxy) is 1. The molecule has 0 bridgehead atoms.